The van der Waals surface area contributed by atoms with Gasteiger partial charge in [0.25, 0.3) is 28.5 Å². The second-order valence-corrected chi connectivity index (χ2v) is 35.9. The van der Waals surface area contributed by atoms with Gasteiger partial charge in [-0.2, -0.15) is 0 Å². The molecule has 17 heterocycles. The third-order valence-corrected chi connectivity index (χ3v) is 28.4. The number of phenolic OH excluding ortho intramolecular Hbond substituents is 1. The Labute approximate surface area is 739 Å². The minimum Gasteiger partial charge on any atom is -0.508 e. The molecule has 3 aromatic carbocycles. The van der Waals surface area contributed by atoms with Crippen LogP contribution in [0.15, 0.2) is 118 Å². The van der Waals surface area contributed by atoms with E-state index in [4.69, 9.17) is 33.7 Å². The van der Waals surface area contributed by atoms with Crippen LogP contribution in [0.5, 0.6) is 11.5 Å². The number of aromatic nitrogens is 6. The number of nitrogens with one attached hydrogen (secondary N) is 2. The van der Waals surface area contributed by atoms with Crippen LogP contribution in [0.4, 0.5) is 15.3 Å². The fourth-order valence-corrected chi connectivity index (χ4v) is 21.0. The summed E-state index contributed by atoms with van der Waals surface area (Å²) < 4.78 is 32.2. The predicted molar refractivity (Wildman–Crippen MR) is 469 cm³/mol. The summed E-state index contributed by atoms with van der Waals surface area (Å²) in [5.41, 5.74) is 3.74. The van der Waals surface area contributed by atoms with E-state index in [2.05, 4.69) is 25.4 Å². The van der Waals surface area contributed by atoms with E-state index < -0.39 is 52.8 Å². The number of amides is 6. The molecular weight excluding hydrogens is 1660 g/mol. The van der Waals surface area contributed by atoms with Crippen LogP contribution in [0, 0.1) is 11.8 Å². The number of anilines is 1. The zero-order valence-corrected chi connectivity index (χ0v) is 72.2. The summed E-state index contributed by atoms with van der Waals surface area (Å²) >= 11 is 0. The number of cyclic esters (lactones) is 3. The number of benzene rings is 3. The molecule has 0 spiro atoms. The van der Waals surface area contributed by atoms with Gasteiger partial charge in [0.15, 0.2) is 11.2 Å². The third-order valence-electron chi connectivity index (χ3n) is 28.4. The van der Waals surface area contributed by atoms with Gasteiger partial charge < -0.3 is 82.9 Å². The summed E-state index contributed by atoms with van der Waals surface area (Å²) in [4.78, 5) is 180. The maximum atomic E-state index is 14.1. The Balaban J connectivity index is 0.000000136. The molecule has 5 N–H and O–H groups in total. The number of imide groups is 1. The molecule has 129 heavy (non-hydrogen) atoms. The molecular formula is C96H101N13O20. The highest BCUT2D eigenvalue weighted by atomic mass is 16.6. The summed E-state index contributed by atoms with van der Waals surface area (Å²) in [6.45, 7) is 12.6. The van der Waals surface area contributed by atoms with Crippen LogP contribution < -0.4 is 32.0 Å². The minimum absolute atomic E-state index is 0.0288. The number of carbonyl (C=O) groups excluding carboxylic acids is 9. The number of phenols is 1. The molecule has 0 bridgehead atoms. The number of aliphatic hydroxyl groups is 2. The average Bonchev–Trinajstić information content (AvgIpc) is 1.64. The van der Waals surface area contributed by atoms with Crippen LogP contribution >= 0.6 is 0 Å². The van der Waals surface area contributed by atoms with Crippen molar-refractivity contribution in [3.63, 3.8) is 0 Å². The predicted octanol–water partition coefficient (Wildman–Crippen LogP) is 9.27. The third kappa shape index (κ3) is 15.6. The normalized spacial score (nSPS) is 22.8. The number of rotatable bonds is 13. The number of carbonyl (C=O) groups is 9. The second kappa shape index (κ2) is 34.3. The van der Waals surface area contributed by atoms with Crippen molar-refractivity contribution in [1.29, 1.82) is 0 Å². The number of aromatic hydroxyl groups is 1. The molecule has 6 aromatic heterocycles. The first-order valence-corrected chi connectivity index (χ1v) is 45.1. The number of piperidine rings is 4. The van der Waals surface area contributed by atoms with Crippen molar-refractivity contribution in [1.82, 2.24) is 58.5 Å². The van der Waals surface area contributed by atoms with Crippen molar-refractivity contribution < 1.29 is 82.2 Å². The molecule has 21 rings (SSSR count). The number of likely N-dealkylation sites (tertiary alicyclic amines) is 4. The first kappa shape index (κ1) is 85.6. The number of ether oxygens (including phenoxy) is 5. The van der Waals surface area contributed by atoms with Crippen molar-refractivity contribution in [3.05, 3.63) is 184 Å². The Morgan fingerprint density at radius 2 is 0.938 bits per heavy atom. The molecule has 11 aliphatic heterocycles. The highest BCUT2D eigenvalue weighted by Crippen LogP contribution is 2.45. The van der Waals surface area contributed by atoms with Crippen molar-refractivity contribution in [2.75, 3.05) is 70.8 Å². The van der Waals surface area contributed by atoms with Crippen molar-refractivity contribution in [2.45, 2.75) is 198 Å². The Morgan fingerprint density at radius 3 is 1.43 bits per heavy atom. The maximum Gasteiger partial charge on any atom is 0.415 e. The number of nitrogens with zero attached hydrogens (tertiary/aromatic N) is 11. The van der Waals surface area contributed by atoms with E-state index in [-0.39, 0.29) is 115 Å². The van der Waals surface area contributed by atoms with Gasteiger partial charge in [-0.1, -0.05) is 33.6 Å². The Hall–Kier alpha value is -12.9. The summed E-state index contributed by atoms with van der Waals surface area (Å²) in [5, 5.41) is 39.7. The molecule has 6 amide bonds. The number of pyridine rings is 6. The van der Waals surface area contributed by atoms with E-state index >= 15 is 0 Å². The van der Waals surface area contributed by atoms with E-state index in [1.54, 1.807) is 94.0 Å². The lowest BCUT2D eigenvalue weighted by molar-refractivity contribution is -0.189. The highest BCUT2D eigenvalue weighted by Gasteiger charge is 2.52. The quantitative estimate of drug-likeness (QED) is 0.0407. The van der Waals surface area contributed by atoms with Gasteiger partial charge in [0.1, 0.15) is 37.9 Å². The van der Waals surface area contributed by atoms with Gasteiger partial charge in [-0.3, -0.25) is 38.5 Å². The van der Waals surface area contributed by atoms with Gasteiger partial charge in [-0.15, -0.1) is 0 Å². The van der Waals surface area contributed by atoms with E-state index in [1.807, 2.05) is 41.3 Å². The van der Waals surface area contributed by atoms with E-state index in [0.717, 1.165) is 90.2 Å². The summed E-state index contributed by atoms with van der Waals surface area (Å²) in [5.74, 6) is -3.86. The molecule has 4 saturated heterocycles. The van der Waals surface area contributed by atoms with Gasteiger partial charge in [0.2, 0.25) is 11.5 Å². The van der Waals surface area contributed by atoms with Gasteiger partial charge in [0, 0.05) is 118 Å². The summed E-state index contributed by atoms with van der Waals surface area (Å²) in [6, 6.07) is 27.7. The van der Waals surface area contributed by atoms with Gasteiger partial charge in [0.05, 0.1) is 87.0 Å². The molecule has 33 heteroatoms. The van der Waals surface area contributed by atoms with Crippen molar-refractivity contribution in [3.8, 4) is 45.7 Å². The largest absolute Gasteiger partial charge is 0.508 e. The van der Waals surface area contributed by atoms with Gasteiger partial charge in [-0.25, -0.2) is 38.9 Å². The molecule has 3 atom stereocenters. The zero-order chi connectivity index (χ0) is 89.6. The number of urea groups is 1. The molecule has 1 aliphatic carbocycles. The first-order valence-electron chi connectivity index (χ1n) is 45.1. The summed E-state index contributed by atoms with van der Waals surface area (Å²) in [7, 11) is 0. The van der Waals surface area contributed by atoms with Gasteiger partial charge >= 0.3 is 36.0 Å². The highest BCUT2D eigenvalue weighted by molar-refractivity contribution is 6.13. The van der Waals surface area contributed by atoms with Crippen LogP contribution in [0.3, 0.4) is 0 Å². The zero-order valence-electron chi connectivity index (χ0n) is 72.2. The van der Waals surface area contributed by atoms with Crippen LogP contribution in [-0.2, 0) is 109 Å². The molecule has 3 unspecified atom stereocenters. The fourth-order valence-electron chi connectivity index (χ4n) is 21.0. The van der Waals surface area contributed by atoms with Crippen LogP contribution in [-0.4, -0.2) is 200 Å². The lowest BCUT2D eigenvalue weighted by Crippen LogP contribution is -2.49. The van der Waals surface area contributed by atoms with E-state index in [1.165, 1.54) is 68.7 Å². The summed E-state index contributed by atoms with van der Waals surface area (Å²) in [6.07, 6.45) is 16.2. The first-order chi connectivity index (χ1) is 62.3. The van der Waals surface area contributed by atoms with Crippen LogP contribution in [0.25, 0.3) is 66.9 Å². The molecule has 1 saturated carbocycles. The van der Waals surface area contributed by atoms with Crippen LogP contribution in [0.2, 0.25) is 0 Å². The Kier molecular flexibility index (Phi) is 22.8. The molecule has 5 fully saturated rings. The Morgan fingerprint density at radius 1 is 0.488 bits per heavy atom. The monoisotopic (exact) mass is 1760 g/mol. The molecule has 0 radical (unpaired) electrons. The number of fused-ring (bicyclic) bond motifs is 15. The lowest BCUT2D eigenvalue weighted by atomic mass is 9.81. The minimum atomic E-state index is -1.93. The van der Waals surface area contributed by atoms with E-state index in [9.17, 15) is 72.9 Å². The molecule has 33 nitrogen and oxygen atoms in total. The standard InChI is InChI=1S/C45H50N6O10.C31H35N5O5.C20H16N2O5/c1-2-45(61-39(54)23-46-41(55)28-8-6-27(7-9-28)24-51-37(52)12-13-38(51)53)34-22-36-40-30(25-50(36)42(56)33(34)26-59-43(45)57)20-29-21-32(10-11-35(29)47-40)60-44(58)49-18-14-31(15-19-49)48-16-4-3-5-17-48;1-2-31(40)24-16-26-27-20(17-36(26)28(37)23(24)18-41-29(31)38)14-19-15-21(6-7-25(19)33-27)32-30(39)35-12-8-22(9-13-35)34-10-4-3-5-11-34;1-2-20(26)14-7-16-17-11(5-10-6-12(23)3-4-15(10)21-17)8-22(16)18(24)13(14)9-27-19(20)25/h10-13,20-22,27-28,31H,2-9,14-19,23-26H2,1H3,(H,46,55);6-7,14-16,22,40H,2-5,8-13,17-18H2,1H3,(H,32,39);3-7,23,26H,2,8-9H2,1H3. The smallest absolute Gasteiger partial charge is 0.415 e. The number of hydrogen-bond acceptors (Lipinski definition) is 25. The number of hydrogen-bond donors (Lipinski definition) is 5. The SMILES string of the molecule is CCC1(O)C(=O)OCc2c1cc1n(c2=O)Cc2cc3cc(NC(=O)N4CCC(N5CCCCC5)CC4)ccc3nc2-1.CCC1(O)C(=O)OCc2c1cc1n(c2=O)Cc2cc3cc(O)ccc3nc2-1.CCC1(OC(=O)CNC(=O)C2CCC(CN3C(=O)C=CC3=O)CC2)C(=O)OCc2c1cc1n(c2=O)Cc2cc3cc(OC(=O)N4CCC(N5CCCCC5)CC4)ccc3nc2-1. The molecule has 12 aliphatic rings. The number of esters is 4. The topological polar surface area (TPSA) is 405 Å². The van der Waals surface area contributed by atoms with Crippen LogP contribution in [0.1, 0.15) is 180 Å². The fraction of sp³-hybridized carbons (Fsp3) is 0.448. The van der Waals surface area contributed by atoms with Crippen molar-refractivity contribution >= 4 is 92.1 Å². The lowest BCUT2D eigenvalue weighted by Gasteiger charge is -2.40. The average molecular weight is 1760 g/mol. The van der Waals surface area contributed by atoms with Crippen molar-refractivity contribution in [2.24, 2.45) is 11.8 Å². The Bertz CT molecular complexity index is 6400. The molecule has 9 aromatic rings. The maximum absolute atomic E-state index is 14.1. The van der Waals surface area contributed by atoms with Gasteiger partial charge in [-0.05, 0) is 219 Å². The van der Waals surface area contributed by atoms with E-state index in [0.29, 0.717) is 149 Å². The molecule has 670 valence electrons. The second-order valence-electron chi connectivity index (χ2n) is 35.9.